The normalized spacial score (nSPS) is 11.2. The van der Waals surface area contributed by atoms with Gasteiger partial charge in [-0.25, -0.2) is 8.42 Å². The molecule has 168 valence electrons. The third-order valence-electron chi connectivity index (χ3n) is 5.14. The number of aryl methyl sites for hydroxylation is 2. The molecule has 32 heavy (non-hydrogen) atoms. The second-order valence-corrected chi connectivity index (χ2v) is 9.85. The largest absolute Gasteiger partial charge is 0.497 e. The van der Waals surface area contributed by atoms with E-state index >= 15 is 0 Å². The maximum atomic E-state index is 12.6. The van der Waals surface area contributed by atoms with Gasteiger partial charge >= 0.3 is 0 Å². The van der Waals surface area contributed by atoms with Crippen LogP contribution in [0.1, 0.15) is 27.0 Å². The summed E-state index contributed by atoms with van der Waals surface area (Å²) in [6.07, 6.45) is 1.18. The Morgan fingerprint density at radius 2 is 1.69 bits per heavy atom. The Labute approximate surface area is 193 Å². The SMILES string of the molecule is COc1ccc(Cl)c(NC(=O)c2ccc(CN(c3ccc(C)c(C)c3)S(C)(=O)=O)cc2)c1. The smallest absolute Gasteiger partial charge is 0.255 e. The summed E-state index contributed by atoms with van der Waals surface area (Å²) in [5.74, 6) is 0.244. The van der Waals surface area contributed by atoms with Gasteiger partial charge in [0.15, 0.2) is 0 Å². The predicted octanol–water partition coefficient (Wildman–Crippen LogP) is 5.18. The summed E-state index contributed by atoms with van der Waals surface area (Å²) in [4.78, 5) is 12.6. The number of benzene rings is 3. The molecule has 8 heteroatoms. The molecule has 3 aromatic rings. The first-order valence-electron chi connectivity index (χ1n) is 9.87. The highest BCUT2D eigenvalue weighted by Crippen LogP contribution is 2.27. The maximum absolute atomic E-state index is 12.6. The summed E-state index contributed by atoms with van der Waals surface area (Å²) in [7, 11) is -1.96. The van der Waals surface area contributed by atoms with E-state index in [1.165, 1.54) is 17.7 Å². The zero-order chi connectivity index (χ0) is 23.5. The number of halogens is 1. The van der Waals surface area contributed by atoms with Crippen LogP contribution in [0.25, 0.3) is 0 Å². The van der Waals surface area contributed by atoms with Gasteiger partial charge in [-0.1, -0.05) is 29.8 Å². The fourth-order valence-corrected chi connectivity index (χ4v) is 4.17. The molecule has 0 radical (unpaired) electrons. The Balaban J connectivity index is 1.79. The van der Waals surface area contributed by atoms with Crippen molar-refractivity contribution in [2.45, 2.75) is 20.4 Å². The monoisotopic (exact) mass is 472 g/mol. The van der Waals surface area contributed by atoms with Crippen molar-refractivity contribution >= 4 is 38.9 Å². The number of anilines is 2. The molecular weight excluding hydrogens is 448 g/mol. The summed E-state index contributed by atoms with van der Waals surface area (Å²) in [6.45, 7) is 4.08. The van der Waals surface area contributed by atoms with Gasteiger partial charge in [0.05, 0.1) is 36.3 Å². The van der Waals surface area contributed by atoms with Gasteiger partial charge in [0.2, 0.25) is 10.0 Å². The van der Waals surface area contributed by atoms with E-state index in [0.29, 0.717) is 27.7 Å². The minimum atomic E-state index is -3.50. The third kappa shape index (κ3) is 5.60. The minimum absolute atomic E-state index is 0.158. The minimum Gasteiger partial charge on any atom is -0.497 e. The van der Waals surface area contributed by atoms with Gasteiger partial charge in [-0.2, -0.15) is 0 Å². The van der Waals surface area contributed by atoms with E-state index in [4.69, 9.17) is 16.3 Å². The average molecular weight is 473 g/mol. The Kier molecular flexibility index (Phi) is 7.11. The number of carbonyl (C=O) groups excluding carboxylic acids is 1. The van der Waals surface area contributed by atoms with Crippen LogP contribution in [-0.2, 0) is 16.6 Å². The highest BCUT2D eigenvalue weighted by Gasteiger charge is 2.19. The standard InChI is InChI=1S/C24H25ClN2O4S/c1-16-5-10-20(13-17(16)2)27(32(4,29)30)15-18-6-8-19(9-7-18)24(28)26-23-14-21(31-3)11-12-22(23)25/h5-14H,15H2,1-4H3,(H,26,28). The molecule has 0 aliphatic rings. The van der Waals surface area contributed by atoms with Crippen molar-refractivity contribution in [1.82, 2.24) is 0 Å². The van der Waals surface area contributed by atoms with Crippen molar-refractivity contribution in [2.24, 2.45) is 0 Å². The number of sulfonamides is 1. The van der Waals surface area contributed by atoms with Crippen LogP contribution in [0, 0.1) is 13.8 Å². The Hall–Kier alpha value is -3.03. The molecule has 0 atom stereocenters. The first-order chi connectivity index (χ1) is 15.1. The van der Waals surface area contributed by atoms with Crippen LogP contribution in [0.2, 0.25) is 5.02 Å². The van der Waals surface area contributed by atoms with Crippen LogP contribution in [0.4, 0.5) is 11.4 Å². The number of nitrogens with one attached hydrogen (secondary N) is 1. The maximum Gasteiger partial charge on any atom is 0.255 e. The van der Waals surface area contributed by atoms with E-state index in [-0.39, 0.29) is 12.5 Å². The molecule has 0 unspecified atom stereocenters. The number of methoxy groups -OCH3 is 1. The Bertz CT molecular complexity index is 1240. The summed E-state index contributed by atoms with van der Waals surface area (Å²) in [6, 6.07) is 17.3. The number of hydrogen-bond acceptors (Lipinski definition) is 4. The summed E-state index contributed by atoms with van der Waals surface area (Å²) >= 11 is 6.16. The van der Waals surface area contributed by atoms with Crippen LogP contribution in [0.15, 0.2) is 60.7 Å². The zero-order valence-electron chi connectivity index (χ0n) is 18.3. The fourth-order valence-electron chi connectivity index (χ4n) is 3.13. The van der Waals surface area contributed by atoms with Gasteiger partial charge < -0.3 is 10.1 Å². The zero-order valence-corrected chi connectivity index (χ0v) is 19.9. The third-order valence-corrected chi connectivity index (χ3v) is 6.61. The topological polar surface area (TPSA) is 75.7 Å². The molecule has 0 heterocycles. The molecule has 0 aromatic heterocycles. The summed E-state index contributed by atoms with van der Waals surface area (Å²) in [5, 5.41) is 3.16. The lowest BCUT2D eigenvalue weighted by Gasteiger charge is -2.23. The summed E-state index contributed by atoms with van der Waals surface area (Å²) < 4.78 is 31.4. The summed E-state index contributed by atoms with van der Waals surface area (Å²) in [5.41, 5.74) is 4.32. The van der Waals surface area contributed by atoms with Gasteiger partial charge in [0, 0.05) is 11.6 Å². The quantitative estimate of drug-likeness (QED) is 0.513. The number of carbonyl (C=O) groups is 1. The van der Waals surface area contributed by atoms with E-state index in [9.17, 15) is 13.2 Å². The Morgan fingerprint density at radius 1 is 1.00 bits per heavy atom. The van der Waals surface area contributed by atoms with Crippen LogP contribution in [0.5, 0.6) is 5.75 Å². The van der Waals surface area contributed by atoms with E-state index in [0.717, 1.165) is 16.7 Å². The van der Waals surface area contributed by atoms with Crippen molar-refractivity contribution in [3.8, 4) is 5.75 Å². The van der Waals surface area contributed by atoms with E-state index < -0.39 is 10.0 Å². The van der Waals surface area contributed by atoms with Crippen LogP contribution >= 0.6 is 11.6 Å². The van der Waals surface area contributed by atoms with Crippen LogP contribution in [-0.4, -0.2) is 27.7 Å². The van der Waals surface area contributed by atoms with E-state index in [1.807, 2.05) is 26.0 Å². The van der Waals surface area contributed by atoms with Gasteiger partial charge in [-0.15, -0.1) is 0 Å². The lowest BCUT2D eigenvalue weighted by Crippen LogP contribution is -2.29. The van der Waals surface area contributed by atoms with Gasteiger partial charge in [-0.05, 0) is 66.9 Å². The van der Waals surface area contributed by atoms with Crippen LogP contribution in [0.3, 0.4) is 0 Å². The molecule has 3 aromatic carbocycles. The molecule has 0 bridgehead atoms. The highest BCUT2D eigenvalue weighted by molar-refractivity contribution is 7.92. The number of rotatable bonds is 7. The Morgan fingerprint density at radius 3 is 2.28 bits per heavy atom. The van der Waals surface area contributed by atoms with Crippen molar-refractivity contribution < 1.29 is 17.9 Å². The molecule has 0 spiro atoms. The molecule has 0 saturated carbocycles. The molecule has 1 N–H and O–H groups in total. The number of amides is 1. The number of nitrogens with zero attached hydrogens (tertiary/aromatic N) is 1. The van der Waals surface area contributed by atoms with Gasteiger partial charge in [-0.3, -0.25) is 9.10 Å². The van der Waals surface area contributed by atoms with Crippen LogP contribution < -0.4 is 14.4 Å². The molecule has 6 nitrogen and oxygen atoms in total. The van der Waals surface area contributed by atoms with Crippen molar-refractivity contribution in [3.63, 3.8) is 0 Å². The van der Waals surface area contributed by atoms with Crippen molar-refractivity contribution in [2.75, 3.05) is 23.0 Å². The molecular formula is C24H25ClN2O4S. The first kappa shape index (κ1) is 23.6. The highest BCUT2D eigenvalue weighted by atomic mass is 35.5. The first-order valence-corrected chi connectivity index (χ1v) is 12.1. The van der Waals surface area contributed by atoms with Crippen molar-refractivity contribution in [1.29, 1.82) is 0 Å². The predicted molar refractivity (Wildman–Crippen MR) is 129 cm³/mol. The molecule has 3 rings (SSSR count). The lowest BCUT2D eigenvalue weighted by atomic mass is 10.1. The average Bonchev–Trinajstić information content (AvgIpc) is 2.75. The lowest BCUT2D eigenvalue weighted by molar-refractivity contribution is 0.102. The molecule has 0 aliphatic heterocycles. The molecule has 0 fully saturated rings. The second kappa shape index (κ2) is 9.63. The molecule has 0 saturated heterocycles. The van der Waals surface area contributed by atoms with Gasteiger partial charge in [0.25, 0.3) is 5.91 Å². The van der Waals surface area contributed by atoms with Gasteiger partial charge in [0.1, 0.15) is 5.75 Å². The molecule has 0 aliphatic carbocycles. The second-order valence-electron chi connectivity index (χ2n) is 7.54. The van der Waals surface area contributed by atoms with E-state index in [1.54, 1.807) is 48.5 Å². The van der Waals surface area contributed by atoms with E-state index in [2.05, 4.69) is 5.32 Å². The number of ether oxygens (including phenoxy) is 1. The molecule has 1 amide bonds. The number of hydrogen-bond donors (Lipinski definition) is 1. The van der Waals surface area contributed by atoms with Crippen molar-refractivity contribution in [3.05, 3.63) is 87.9 Å². The fraction of sp³-hybridized carbons (Fsp3) is 0.208.